The van der Waals surface area contributed by atoms with Crippen molar-refractivity contribution in [3.05, 3.63) is 76.4 Å². The van der Waals surface area contributed by atoms with Crippen LogP contribution in [0, 0.1) is 0 Å². The smallest absolute Gasteiger partial charge is 0.282 e. The number of imidazole rings is 1. The van der Waals surface area contributed by atoms with Crippen molar-refractivity contribution in [3.63, 3.8) is 0 Å². The number of hydrogen-bond donors (Lipinski definition) is 1. The number of aromatic amines is 1. The molecular weight excluding hydrogens is 332 g/mol. The summed E-state index contributed by atoms with van der Waals surface area (Å²) in [6.07, 6.45) is 0. The molecular formula is C19H12N4OS. The Balaban J connectivity index is 1.87. The molecule has 0 aliphatic heterocycles. The summed E-state index contributed by atoms with van der Waals surface area (Å²) >= 11 is 1.60. The van der Waals surface area contributed by atoms with Gasteiger partial charge in [-0.1, -0.05) is 36.4 Å². The molecule has 0 fully saturated rings. The highest BCUT2D eigenvalue weighted by Crippen LogP contribution is 2.28. The zero-order valence-corrected chi connectivity index (χ0v) is 13.8. The SMILES string of the molecule is O=c1c2ccccc2c(-c2cccs2)nn1-c1nc2ccccc2[nH]1. The molecule has 1 N–H and O–H groups in total. The molecule has 120 valence electrons. The predicted molar refractivity (Wildman–Crippen MR) is 100 cm³/mol. The Bertz CT molecular complexity index is 1230. The van der Waals surface area contributed by atoms with Crippen LogP contribution in [-0.4, -0.2) is 19.7 Å². The van der Waals surface area contributed by atoms with E-state index in [1.54, 1.807) is 11.3 Å². The lowest BCUT2D eigenvalue weighted by Crippen LogP contribution is -2.23. The quantitative estimate of drug-likeness (QED) is 0.527. The summed E-state index contributed by atoms with van der Waals surface area (Å²) in [6.45, 7) is 0. The average Bonchev–Trinajstić information content (AvgIpc) is 3.32. The molecule has 0 saturated carbocycles. The van der Waals surface area contributed by atoms with E-state index in [2.05, 4.69) is 15.1 Å². The van der Waals surface area contributed by atoms with E-state index in [1.165, 1.54) is 4.68 Å². The Morgan fingerprint density at radius 3 is 2.52 bits per heavy atom. The van der Waals surface area contributed by atoms with Crippen LogP contribution < -0.4 is 5.56 Å². The van der Waals surface area contributed by atoms with Crippen LogP contribution >= 0.6 is 11.3 Å². The summed E-state index contributed by atoms with van der Waals surface area (Å²) < 4.78 is 1.36. The average molecular weight is 344 g/mol. The number of thiophene rings is 1. The number of H-pyrrole nitrogens is 1. The van der Waals surface area contributed by atoms with Crippen LogP contribution in [0.4, 0.5) is 0 Å². The normalized spacial score (nSPS) is 11.4. The van der Waals surface area contributed by atoms with E-state index in [0.29, 0.717) is 11.3 Å². The third-order valence-corrected chi connectivity index (χ3v) is 5.01. The van der Waals surface area contributed by atoms with Crippen LogP contribution in [0.2, 0.25) is 0 Å². The van der Waals surface area contributed by atoms with Gasteiger partial charge in [0.1, 0.15) is 5.69 Å². The first-order valence-electron chi connectivity index (χ1n) is 7.82. The second kappa shape index (κ2) is 5.39. The number of benzene rings is 2. The van der Waals surface area contributed by atoms with E-state index < -0.39 is 0 Å². The molecule has 0 unspecified atom stereocenters. The van der Waals surface area contributed by atoms with Gasteiger partial charge in [-0.3, -0.25) is 4.79 Å². The number of rotatable bonds is 2. The minimum Gasteiger partial charge on any atom is -0.322 e. The zero-order chi connectivity index (χ0) is 16.8. The largest absolute Gasteiger partial charge is 0.322 e. The van der Waals surface area contributed by atoms with Crippen LogP contribution in [0.15, 0.2) is 70.8 Å². The molecule has 0 atom stereocenters. The van der Waals surface area contributed by atoms with Crippen LogP contribution in [0.5, 0.6) is 0 Å². The second-order valence-electron chi connectivity index (χ2n) is 5.67. The highest BCUT2D eigenvalue weighted by atomic mass is 32.1. The van der Waals surface area contributed by atoms with Gasteiger partial charge in [0.2, 0.25) is 5.95 Å². The lowest BCUT2D eigenvalue weighted by atomic mass is 10.1. The molecule has 0 bridgehead atoms. The Labute approximate surface area is 146 Å². The lowest BCUT2D eigenvalue weighted by Gasteiger charge is -2.07. The maximum Gasteiger partial charge on any atom is 0.282 e. The number of hydrogen-bond acceptors (Lipinski definition) is 4. The topological polar surface area (TPSA) is 63.6 Å². The summed E-state index contributed by atoms with van der Waals surface area (Å²) in [4.78, 5) is 21.7. The van der Waals surface area contributed by atoms with Gasteiger partial charge < -0.3 is 4.98 Å². The van der Waals surface area contributed by atoms with E-state index in [9.17, 15) is 4.79 Å². The van der Waals surface area contributed by atoms with Crippen molar-refractivity contribution in [2.24, 2.45) is 0 Å². The summed E-state index contributed by atoms with van der Waals surface area (Å²) in [5.74, 6) is 0.426. The fraction of sp³-hybridized carbons (Fsp3) is 0. The summed E-state index contributed by atoms with van der Waals surface area (Å²) in [7, 11) is 0. The molecule has 0 amide bonds. The van der Waals surface area contributed by atoms with Crippen LogP contribution in [-0.2, 0) is 0 Å². The highest BCUT2D eigenvalue weighted by Gasteiger charge is 2.15. The van der Waals surface area contributed by atoms with Crippen molar-refractivity contribution in [1.82, 2.24) is 19.7 Å². The molecule has 5 aromatic rings. The van der Waals surface area contributed by atoms with E-state index in [4.69, 9.17) is 0 Å². The lowest BCUT2D eigenvalue weighted by molar-refractivity contribution is 0.784. The van der Waals surface area contributed by atoms with Gasteiger partial charge in [0.05, 0.1) is 21.3 Å². The third-order valence-electron chi connectivity index (χ3n) is 4.14. The van der Waals surface area contributed by atoms with Gasteiger partial charge in [0, 0.05) is 5.39 Å². The first-order valence-corrected chi connectivity index (χ1v) is 8.70. The number of aromatic nitrogens is 4. The molecule has 0 aliphatic rings. The molecule has 5 rings (SSSR count). The Kier molecular flexibility index (Phi) is 3.05. The van der Waals surface area contributed by atoms with Crippen molar-refractivity contribution in [2.75, 3.05) is 0 Å². The molecule has 0 saturated heterocycles. The minimum absolute atomic E-state index is 0.185. The molecule has 5 nitrogen and oxygen atoms in total. The standard InChI is InChI=1S/C19H12N4OS/c24-18-13-7-2-1-6-12(13)17(16-10-5-11-25-16)22-23(18)19-20-14-8-3-4-9-15(14)21-19/h1-11H,(H,20,21). The van der Waals surface area contributed by atoms with Gasteiger partial charge in [-0.2, -0.15) is 9.78 Å². The maximum atomic E-state index is 13.0. The van der Waals surface area contributed by atoms with Gasteiger partial charge >= 0.3 is 0 Å². The van der Waals surface area contributed by atoms with Gasteiger partial charge in [-0.25, -0.2) is 4.98 Å². The molecule has 0 radical (unpaired) electrons. The van der Waals surface area contributed by atoms with Crippen LogP contribution in [0.3, 0.4) is 0 Å². The molecule has 25 heavy (non-hydrogen) atoms. The summed E-state index contributed by atoms with van der Waals surface area (Å²) in [6, 6.07) is 19.2. The minimum atomic E-state index is -0.185. The first kappa shape index (κ1) is 14.1. The summed E-state index contributed by atoms with van der Waals surface area (Å²) in [5.41, 5.74) is 2.27. The number of fused-ring (bicyclic) bond motifs is 2. The fourth-order valence-electron chi connectivity index (χ4n) is 2.97. The van der Waals surface area contributed by atoms with Crippen molar-refractivity contribution < 1.29 is 0 Å². The van der Waals surface area contributed by atoms with Gasteiger partial charge in [0.25, 0.3) is 5.56 Å². The Morgan fingerprint density at radius 1 is 0.920 bits per heavy atom. The number of nitrogens with one attached hydrogen (secondary N) is 1. The molecule has 0 aliphatic carbocycles. The van der Waals surface area contributed by atoms with E-state index in [0.717, 1.165) is 27.0 Å². The van der Waals surface area contributed by atoms with E-state index in [-0.39, 0.29) is 5.56 Å². The molecule has 0 spiro atoms. The van der Waals surface area contributed by atoms with Crippen molar-refractivity contribution in [3.8, 4) is 16.5 Å². The van der Waals surface area contributed by atoms with Gasteiger partial charge in [-0.15, -0.1) is 11.3 Å². The van der Waals surface area contributed by atoms with Crippen molar-refractivity contribution in [1.29, 1.82) is 0 Å². The van der Waals surface area contributed by atoms with Crippen molar-refractivity contribution >= 4 is 33.1 Å². The molecule has 2 aromatic carbocycles. The number of nitrogens with zero attached hydrogens (tertiary/aromatic N) is 3. The van der Waals surface area contributed by atoms with E-state index >= 15 is 0 Å². The van der Waals surface area contributed by atoms with Crippen molar-refractivity contribution in [2.45, 2.75) is 0 Å². The van der Waals surface area contributed by atoms with Gasteiger partial charge in [0.15, 0.2) is 0 Å². The predicted octanol–water partition coefficient (Wildman–Crippen LogP) is 3.99. The fourth-order valence-corrected chi connectivity index (χ4v) is 3.69. The highest BCUT2D eigenvalue weighted by molar-refractivity contribution is 7.13. The first-order chi connectivity index (χ1) is 12.3. The molecule has 3 aromatic heterocycles. The third kappa shape index (κ3) is 2.19. The van der Waals surface area contributed by atoms with Crippen LogP contribution in [0.25, 0.3) is 38.3 Å². The monoisotopic (exact) mass is 344 g/mol. The summed E-state index contributed by atoms with van der Waals surface area (Å²) in [5, 5.41) is 8.11. The Morgan fingerprint density at radius 2 is 1.72 bits per heavy atom. The van der Waals surface area contributed by atoms with Gasteiger partial charge in [-0.05, 0) is 29.6 Å². The van der Waals surface area contributed by atoms with E-state index in [1.807, 2.05) is 66.0 Å². The molecule has 3 heterocycles. The maximum absolute atomic E-state index is 13.0. The zero-order valence-electron chi connectivity index (χ0n) is 13.0. The Hall–Kier alpha value is -3.25. The second-order valence-corrected chi connectivity index (χ2v) is 6.61. The van der Waals surface area contributed by atoms with Crippen LogP contribution in [0.1, 0.15) is 0 Å². The molecule has 6 heteroatoms. The number of para-hydroxylation sites is 2.